The molecule has 0 unspecified atom stereocenters. The average molecular weight is 439 g/mol. The number of aromatic nitrogens is 1. The number of nitrogens with zero attached hydrogens (tertiary/aromatic N) is 2. The standard InChI is InChI=1S/C22H19BrN2O3/c1-22(2)12-20-18(21(26)13-22)11-19(14-3-7-17(8-4-14)25(27)28)24(20)16-9-5-15(23)6-10-16/h3-11H,12-13H2,1-2H3. The van der Waals surface area contributed by atoms with Crippen LogP contribution in [-0.4, -0.2) is 15.3 Å². The molecule has 0 bridgehead atoms. The molecule has 1 aliphatic carbocycles. The van der Waals surface area contributed by atoms with Gasteiger partial charge in [-0.2, -0.15) is 0 Å². The lowest BCUT2D eigenvalue weighted by Crippen LogP contribution is -2.27. The Balaban J connectivity index is 1.94. The van der Waals surface area contributed by atoms with Gasteiger partial charge in [0.1, 0.15) is 0 Å². The largest absolute Gasteiger partial charge is 0.313 e. The second-order valence-corrected chi connectivity index (χ2v) is 8.86. The van der Waals surface area contributed by atoms with Crippen molar-refractivity contribution in [2.45, 2.75) is 26.7 Å². The van der Waals surface area contributed by atoms with E-state index in [1.54, 1.807) is 12.1 Å². The molecule has 28 heavy (non-hydrogen) atoms. The van der Waals surface area contributed by atoms with Gasteiger partial charge < -0.3 is 4.57 Å². The number of fused-ring (bicyclic) bond motifs is 1. The summed E-state index contributed by atoms with van der Waals surface area (Å²) in [7, 11) is 0. The zero-order valence-corrected chi connectivity index (χ0v) is 17.2. The Morgan fingerprint density at radius 3 is 2.29 bits per heavy atom. The minimum atomic E-state index is -0.408. The topological polar surface area (TPSA) is 65.1 Å². The Labute approximate surface area is 171 Å². The van der Waals surface area contributed by atoms with Crippen LogP contribution < -0.4 is 0 Å². The summed E-state index contributed by atoms with van der Waals surface area (Å²) in [6, 6.07) is 16.4. The third-order valence-corrected chi connectivity index (χ3v) is 5.68. The number of carbonyl (C=O) groups is 1. The molecule has 5 nitrogen and oxygen atoms in total. The van der Waals surface area contributed by atoms with Gasteiger partial charge in [0, 0.05) is 40.0 Å². The molecule has 0 amide bonds. The summed E-state index contributed by atoms with van der Waals surface area (Å²) < 4.78 is 3.09. The number of non-ortho nitro benzene ring substituents is 1. The number of hydrogen-bond donors (Lipinski definition) is 0. The smallest absolute Gasteiger partial charge is 0.269 e. The van der Waals surface area contributed by atoms with Gasteiger partial charge in [-0.15, -0.1) is 0 Å². The van der Waals surface area contributed by atoms with Gasteiger partial charge in [0.15, 0.2) is 5.78 Å². The van der Waals surface area contributed by atoms with Crippen LogP contribution in [0, 0.1) is 15.5 Å². The Kier molecular flexibility index (Phi) is 4.46. The Hall–Kier alpha value is -2.73. The van der Waals surface area contributed by atoms with Crippen LogP contribution >= 0.6 is 15.9 Å². The van der Waals surface area contributed by atoms with Crippen molar-refractivity contribution in [3.8, 4) is 16.9 Å². The number of nitro groups is 1. The molecule has 2 aromatic carbocycles. The quantitative estimate of drug-likeness (QED) is 0.373. The molecule has 0 N–H and O–H groups in total. The first-order valence-corrected chi connectivity index (χ1v) is 9.83. The van der Waals surface area contributed by atoms with Gasteiger partial charge in [-0.25, -0.2) is 0 Å². The molecule has 0 saturated heterocycles. The molecule has 0 spiro atoms. The summed E-state index contributed by atoms with van der Waals surface area (Å²) in [5.74, 6) is 0.144. The normalized spacial score (nSPS) is 15.3. The van der Waals surface area contributed by atoms with Crippen LogP contribution in [0.4, 0.5) is 5.69 Å². The maximum Gasteiger partial charge on any atom is 0.269 e. The summed E-state index contributed by atoms with van der Waals surface area (Å²) in [5, 5.41) is 11.0. The highest BCUT2D eigenvalue weighted by atomic mass is 79.9. The summed E-state index contributed by atoms with van der Waals surface area (Å²) in [6.07, 6.45) is 1.31. The number of hydrogen-bond acceptors (Lipinski definition) is 3. The van der Waals surface area contributed by atoms with E-state index in [1.165, 1.54) is 12.1 Å². The molecule has 0 saturated carbocycles. The van der Waals surface area contributed by atoms with E-state index in [4.69, 9.17) is 0 Å². The molecule has 1 aromatic heterocycles. The van der Waals surface area contributed by atoms with E-state index in [0.29, 0.717) is 6.42 Å². The fourth-order valence-corrected chi connectivity index (χ4v) is 4.13. The number of benzene rings is 2. The molecule has 6 heteroatoms. The molecular formula is C22H19BrN2O3. The van der Waals surface area contributed by atoms with Crippen LogP contribution in [0.1, 0.15) is 36.3 Å². The van der Waals surface area contributed by atoms with E-state index >= 15 is 0 Å². The van der Waals surface area contributed by atoms with Crippen molar-refractivity contribution in [1.82, 2.24) is 4.57 Å². The molecule has 4 rings (SSSR count). The van der Waals surface area contributed by atoms with Crippen molar-refractivity contribution in [3.05, 3.63) is 80.4 Å². The van der Waals surface area contributed by atoms with Gasteiger partial charge in [0.25, 0.3) is 5.69 Å². The number of Topliss-reactive ketones (excluding diaryl/α,β-unsaturated/α-hetero) is 1. The van der Waals surface area contributed by atoms with Gasteiger partial charge in [0.2, 0.25) is 0 Å². The summed E-state index contributed by atoms with van der Waals surface area (Å²) >= 11 is 3.47. The second kappa shape index (κ2) is 6.71. The third-order valence-electron chi connectivity index (χ3n) is 5.15. The number of nitro benzene ring substituents is 1. The zero-order valence-electron chi connectivity index (χ0n) is 15.6. The fraction of sp³-hybridized carbons (Fsp3) is 0.227. The second-order valence-electron chi connectivity index (χ2n) is 7.95. The molecule has 0 aliphatic heterocycles. The SMILES string of the molecule is CC1(C)CC(=O)c2cc(-c3ccc([N+](=O)[O-])cc3)n(-c3ccc(Br)cc3)c2C1. The molecule has 1 aliphatic rings. The molecule has 0 radical (unpaired) electrons. The lowest BCUT2D eigenvalue weighted by Gasteiger charge is -2.30. The van der Waals surface area contributed by atoms with Crippen LogP contribution in [0.15, 0.2) is 59.1 Å². The maximum absolute atomic E-state index is 12.8. The van der Waals surface area contributed by atoms with Crippen LogP contribution in [0.2, 0.25) is 0 Å². The average Bonchev–Trinajstić information content (AvgIpc) is 3.01. The van der Waals surface area contributed by atoms with Crippen LogP contribution in [0.3, 0.4) is 0 Å². The van der Waals surface area contributed by atoms with Crippen molar-refractivity contribution < 1.29 is 9.72 Å². The monoisotopic (exact) mass is 438 g/mol. The fourth-order valence-electron chi connectivity index (χ4n) is 3.86. The number of carbonyl (C=O) groups excluding carboxylic acids is 1. The first kappa shape index (κ1) is 18.6. The number of halogens is 1. The predicted octanol–water partition coefficient (Wildman–Crippen LogP) is 5.97. The molecule has 142 valence electrons. The first-order chi connectivity index (χ1) is 13.2. The first-order valence-electron chi connectivity index (χ1n) is 9.04. The minimum absolute atomic E-state index is 0.0486. The van der Waals surface area contributed by atoms with Crippen molar-refractivity contribution in [3.63, 3.8) is 0 Å². The number of rotatable bonds is 3. The predicted molar refractivity (Wildman–Crippen MR) is 112 cm³/mol. The van der Waals surface area contributed by atoms with Gasteiger partial charge in [-0.05, 0) is 59.9 Å². The minimum Gasteiger partial charge on any atom is -0.313 e. The number of ketones is 1. The van der Waals surface area contributed by atoms with E-state index in [1.807, 2.05) is 30.3 Å². The summed E-state index contributed by atoms with van der Waals surface area (Å²) in [4.78, 5) is 23.4. The van der Waals surface area contributed by atoms with Gasteiger partial charge in [0.05, 0.1) is 10.6 Å². The van der Waals surface area contributed by atoms with E-state index < -0.39 is 4.92 Å². The van der Waals surface area contributed by atoms with Crippen molar-refractivity contribution in [2.24, 2.45) is 5.41 Å². The highest BCUT2D eigenvalue weighted by Gasteiger charge is 2.35. The molecule has 0 fully saturated rings. The van der Waals surface area contributed by atoms with Crippen molar-refractivity contribution in [2.75, 3.05) is 0 Å². The maximum atomic E-state index is 12.8. The van der Waals surface area contributed by atoms with Crippen molar-refractivity contribution in [1.29, 1.82) is 0 Å². The molecule has 0 atom stereocenters. The van der Waals surface area contributed by atoms with E-state index in [-0.39, 0.29) is 16.9 Å². The molecular weight excluding hydrogens is 420 g/mol. The highest BCUT2D eigenvalue weighted by molar-refractivity contribution is 9.10. The third kappa shape index (κ3) is 3.29. The van der Waals surface area contributed by atoms with Gasteiger partial charge in [-0.3, -0.25) is 14.9 Å². The summed E-state index contributed by atoms with van der Waals surface area (Å²) in [6.45, 7) is 4.22. The van der Waals surface area contributed by atoms with Crippen molar-refractivity contribution >= 4 is 27.4 Å². The van der Waals surface area contributed by atoms with E-state index in [9.17, 15) is 14.9 Å². The Morgan fingerprint density at radius 1 is 1.04 bits per heavy atom. The molecule has 1 heterocycles. The van der Waals surface area contributed by atoms with Gasteiger partial charge >= 0.3 is 0 Å². The lowest BCUT2D eigenvalue weighted by molar-refractivity contribution is -0.384. The Bertz CT molecular complexity index is 1080. The van der Waals surface area contributed by atoms with Crippen LogP contribution in [-0.2, 0) is 6.42 Å². The van der Waals surface area contributed by atoms with E-state index in [2.05, 4.69) is 34.3 Å². The summed E-state index contributed by atoms with van der Waals surface area (Å²) in [5.41, 5.74) is 4.35. The van der Waals surface area contributed by atoms with E-state index in [0.717, 1.165) is 39.1 Å². The Morgan fingerprint density at radius 2 is 1.68 bits per heavy atom. The molecule has 3 aromatic rings. The van der Waals surface area contributed by atoms with Gasteiger partial charge in [-0.1, -0.05) is 29.8 Å². The van der Waals surface area contributed by atoms with Crippen LogP contribution in [0.5, 0.6) is 0 Å². The highest BCUT2D eigenvalue weighted by Crippen LogP contribution is 2.40. The zero-order chi connectivity index (χ0) is 20.1. The van der Waals surface area contributed by atoms with Crippen LogP contribution in [0.25, 0.3) is 16.9 Å². The lowest BCUT2D eigenvalue weighted by atomic mass is 9.76.